The SMILES string of the molecule is COC(=O)Nc1cc2c(c(NC(=O)c3c(F)cc(C)cc3F)c1)-c1nc([nH]c1Cl)CCC=CCCC(=O)N2. The Morgan fingerprint density at radius 2 is 1.74 bits per heavy atom. The predicted molar refractivity (Wildman–Crippen MR) is 139 cm³/mol. The highest BCUT2D eigenvalue weighted by Crippen LogP contribution is 2.41. The minimum atomic E-state index is -1.09. The quantitative estimate of drug-likeness (QED) is 0.303. The molecule has 3 amide bonds. The summed E-state index contributed by atoms with van der Waals surface area (Å²) in [5.74, 6) is -3.00. The van der Waals surface area contributed by atoms with Crippen molar-refractivity contribution in [3.63, 3.8) is 0 Å². The minimum absolute atomic E-state index is 0.0217. The third-order valence-corrected chi connectivity index (χ3v) is 5.98. The molecule has 0 fully saturated rings. The van der Waals surface area contributed by atoms with Gasteiger partial charge >= 0.3 is 6.09 Å². The smallest absolute Gasteiger partial charge is 0.411 e. The Hall–Kier alpha value is -4.25. The maximum atomic E-state index is 14.6. The Kier molecular flexibility index (Phi) is 8.06. The first-order valence-corrected chi connectivity index (χ1v) is 12.0. The van der Waals surface area contributed by atoms with Gasteiger partial charge in [0.25, 0.3) is 5.91 Å². The highest BCUT2D eigenvalue weighted by Gasteiger charge is 2.25. The number of benzene rings is 2. The van der Waals surface area contributed by atoms with Gasteiger partial charge in [-0.25, -0.2) is 18.6 Å². The van der Waals surface area contributed by atoms with Gasteiger partial charge in [-0.3, -0.25) is 14.9 Å². The molecule has 12 heteroatoms. The molecule has 1 aliphatic rings. The maximum Gasteiger partial charge on any atom is 0.411 e. The Morgan fingerprint density at radius 3 is 2.42 bits per heavy atom. The van der Waals surface area contributed by atoms with Crippen molar-refractivity contribution in [2.75, 3.05) is 23.1 Å². The number of fused-ring (bicyclic) bond motifs is 4. The molecule has 1 aliphatic heterocycles. The number of amides is 3. The molecule has 2 aromatic carbocycles. The molecule has 3 aromatic rings. The molecule has 4 N–H and O–H groups in total. The van der Waals surface area contributed by atoms with Crippen LogP contribution in [-0.4, -0.2) is 35.0 Å². The van der Waals surface area contributed by atoms with Crippen molar-refractivity contribution in [1.29, 1.82) is 0 Å². The van der Waals surface area contributed by atoms with E-state index < -0.39 is 29.2 Å². The van der Waals surface area contributed by atoms with Crippen LogP contribution < -0.4 is 16.0 Å². The summed E-state index contributed by atoms with van der Waals surface area (Å²) in [5, 5.41) is 7.85. The maximum absolute atomic E-state index is 14.6. The average Bonchev–Trinajstić information content (AvgIpc) is 3.20. The summed E-state index contributed by atoms with van der Waals surface area (Å²) in [6.45, 7) is 1.49. The molecule has 0 saturated heterocycles. The van der Waals surface area contributed by atoms with E-state index in [1.807, 2.05) is 12.2 Å². The number of nitrogens with zero attached hydrogens (tertiary/aromatic N) is 1. The molecule has 0 atom stereocenters. The number of methoxy groups -OCH3 is 1. The Balaban J connectivity index is 1.90. The van der Waals surface area contributed by atoms with Gasteiger partial charge in [0, 0.05) is 18.5 Å². The first kappa shape index (κ1) is 26.8. The van der Waals surface area contributed by atoms with Crippen molar-refractivity contribution in [1.82, 2.24) is 9.97 Å². The van der Waals surface area contributed by atoms with Crippen LogP contribution in [0.15, 0.2) is 36.4 Å². The standard InChI is InChI=1S/C26H24ClF2N5O4/c1-13-9-15(28)21(16(29)10-13)25(36)32-18-12-14(30-26(37)38-2)11-17-22(18)23-24(27)34-19(33-23)7-5-3-4-6-8-20(35)31-17/h3-4,9-12H,5-8H2,1-2H3,(H,30,37)(H,31,35)(H,32,36)(H,33,34). The molecule has 2 heterocycles. The number of aryl methyl sites for hydroxylation is 2. The fourth-order valence-electron chi connectivity index (χ4n) is 4.00. The number of hydrogen-bond donors (Lipinski definition) is 4. The number of rotatable bonds is 3. The number of ether oxygens (including phenoxy) is 1. The number of aromatic amines is 1. The number of nitrogens with one attached hydrogen (secondary N) is 4. The summed E-state index contributed by atoms with van der Waals surface area (Å²) in [7, 11) is 1.16. The highest BCUT2D eigenvalue weighted by atomic mass is 35.5. The number of halogens is 3. The van der Waals surface area contributed by atoms with E-state index in [4.69, 9.17) is 11.6 Å². The van der Waals surface area contributed by atoms with Gasteiger partial charge in [0.05, 0.1) is 24.0 Å². The first-order valence-electron chi connectivity index (χ1n) is 11.7. The number of carbonyl (C=O) groups is 3. The monoisotopic (exact) mass is 543 g/mol. The van der Waals surface area contributed by atoms with Crippen molar-refractivity contribution in [3.05, 3.63) is 70.2 Å². The molecule has 4 rings (SSSR count). The van der Waals surface area contributed by atoms with E-state index in [0.29, 0.717) is 30.7 Å². The number of carbonyl (C=O) groups excluding carboxylic acids is 3. The van der Waals surface area contributed by atoms with Crippen LogP contribution in [0.2, 0.25) is 5.15 Å². The lowest BCUT2D eigenvalue weighted by molar-refractivity contribution is -0.116. The van der Waals surface area contributed by atoms with E-state index in [2.05, 4.69) is 30.7 Å². The van der Waals surface area contributed by atoms with E-state index in [1.54, 1.807) is 0 Å². The molecule has 38 heavy (non-hydrogen) atoms. The molecule has 198 valence electrons. The highest BCUT2D eigenvalue weighted by molar-refractivity contribution is 6.32. The fourth-order valence-corrected chi connectivity index (χ4v) is 4.25. The van der Waals surface area contributed by atoms with Gasteiger partial charge in [0.2, 0.25) is 5.91 Å². The lowest BCUT2D eigenvalue weighted by Gasteiger charge is -2.18. The van der Waals surface area contributed by atoms with Crippen LogP contribution in [0.25, 0.3) is 11.3 Å². The van der Waals surface area contributed by atoms with Gasteiger partial charge in [0.1, 0.15) is 33.9 Å². The third-order valence-electron chi connectivity index (χ3n) is 5.70. The number of hydrogen-bond acceptors (Lipinski definition) is 5. The van der Waals surface area contributed by atoms with Crippen molar-refractivity contribution in [2.45, 2.75) is 32.6 Å². The van der Waals surface area contributed by atoms with Crippen LogP contribution in [0.1, 0.15) is 41.0 Å². The summed E-state index contributed by atoms with van der Waals surface area (Å²) in [6.07, 6.45) is 4.81. The van der Waals surface area contributed by atoms with E-state index >= 15 is 0 Å². The summed E-state index contributed by atoms with van der Waals surface area (Å²) in [5.41, 5.74) is 0.101. The number of anilines is 3. The van der Waals surface area contributed by atoms with Gasteiger partial charge in [-0.15, -0.1) is 0 Å². The van der Waals surface area contributed by atoms with Crippen molar-refractivity contribution in [3.8, 4) is 11.3 Å². The van der Waals surface area contributed by atoms with Gasteiger partial charge < -0.3 is 20.4 Å². The van der Waals surface area contributed by atoms with Gasteiger partial charge in [-0.2, -0.15) is 0 Å². The lowest BCUT2D eigenvalue weighted by atomic mass is 10.0. The number of allylic oxidation sites excluding steroid dienone is 2. The number of imidazole rings is 1. The topological polar surface area (TPSA) is 125 Å². The summed E-state index contributed by atoms with van der Waals surface area (Å²) in [6, 6.07) is 4.85. The van der Waals surface area contributed by atoms with Crippen molar-refractivity contribution in [2.24, 2.45) is 0 Å². The third kappa shape index (κ3) is 6.00. The van der Waals surface area contributed by atoms with E-state index in [0.717, 1.165) is 19.2 Å². The van der Waals surface area contributed by atoms with Crippen LogP contribution in [0, 0.1) is 18.6 Å². The zero-order valence-corrected chi connectivity index (χ0v) is 21.3. The Labute approximate surface area is 221 Å². The second-order valence-corrected chi connectivity index (χ2v) is 8.94. The normalized spacial score (nSPS) is 13.3. The summed E-state index contributed by atoms with van der Waals surface area (Å²) < 4.78 is 33.9. The van der Waals surface area contributed by atoms with Crippen LogP contribution >= 0.6 is 11.6 Å². The fraction of sp³-hybridized carbons (Fsp3) is 0.231. The average molecular weight is 544 g/mol. The van der Waals surface area contributed by atoms with Gasteiger partial charge in [0.15, 0.2) is 0 Å². The summed E-state index contributed by atoms with van der Waals surface area (Å²) in [4.78, 5) is 45.3. The second kappa shape index (κ2) is 11.4. The molecule has 9 nitrogen and oxygen atoms in total. The molecule has 2 bridgehead atoms. The van der Waals surface area contributed by atoms with Crippen LogP contribution in [0.4, 0.5) is 30.6 Å². The first-order chi connectivity index (χ1) is 18.2. The van der Waals surface area contributed by atoms with Gasteiger partial charge in [-0.1, -0.05) is 23.8 Å². The van der Waals surface area contributed by atoms with E-state index in [9.17, 15) is 23.2 Å². The van der Waals surface area contributed by atoms with Crippen LogP contribution in [-0.2, 0) is 16.0 Å². The number of aromatic nitrogens is 2. The molecule has 1 aromatic heterocycles. The Morgan fingerprint density at radius 1 is 1.05 bits per heavy atom. The van der Waals surface area contributed by atoms with Crippen molar-refractivity contribution < 1.29 is 27.9 Å². The largest absolute Gasteiger partial charge is 0.453 e. The lowest BCUT2D eigenvalue weighted by Crippen LogP contribution is -2.19. The molecule has 0 radical (unpaired) electrons. The molecular formula is C26H24ClF2N5O4. The Bertz CT molecular complexity index is 1430. The van der Waals surface area contributed by atoms with E-state index in [1.165, 1.54) is 19.1 Å². The zero-order valence-electron chi connectivity index (χ0n) is 20.5. The second-order valence-electron chi connectivity index (χ2n) is 8.56. The molecule has 0 aliphatic carbocycles. The minimum Gasteiger partial charge on any atom is -0.453 e. The van der Waals surface area contributed by atoms with Crippen molar-refractivity contribution >= 4 is 46.6 Å². The number of H-pyrrole nitrogens is 1. The van der Waals surface area contributed by atoms with Gasteiger partial charge in [-0.05, 0) is 49.6 Å². The summed E-state index contributed by atoms with van der Waals surface area (Å²) >= 11 is 6.48. The van der Waals surface area contributed by atoms with E-state index in [-0.39, 0.29) is 45.8 Å². The zero-order chi connectivity index (χ0) is 27.4. The van der Waals surface area contributed by atoms with Crippen LogP contribution in [0.3, 0.4) is 0 Å². The molecule has 0 spiro atoms. The molecule has 0 saturated carbocycles. The molecule has 0 unspecified atom stereocenters. The molecular weight excluding hydrogens is 520 g/mol. The van der Waals surface area contributed by atoms with Crippen LogP contribution in [0.5, 0.6) is 0 Å². The predicted octanol–water partition coefficient (Wildman–Crippen LogP) is 5.97.